The third-order valence-electron chi connectivity index (χ3n) is 2.37. The number of carbonyl (C=O) groups is 1. The molecular formula is C11H13Cl2NO3S. The third-order valence-corrected chi connectivity index (χ3v) is 4.03. The predicted molar refractivity (Wildman–Crippen MR) is 71.9 cm³/mol. The van der Waals surface area contributed by atoms with E-state index in [1.54, 1.807) is 0 Å². The lowest BCUT2D eigenvalue weighted by Gasteiger charge is -2.10. The fourth-order valence-electron chi connectivity index (χ4n) is 1.48. The molecule has 1 amide bonds. The van der Waals surface area contributed by atoms with Crippen molar-refractivity contribution in [3.63, 3.8) is 0 Å². The summed E-state index contributed by atoms with van der Waals surface area (Å²) >= 11 is 5.80. The van der Waals surface area contributed by atoms with E-state index in [0.29, 0.717) is 12.1 Å². The minimum absolute atomic E-state index is 0.140. The summed E-state index contributed by atoms with van der Waals surface area (Å²) in [6, 6.07) is 2.66. The zero-order chi connectivity index (χ0) is 13.9. The first kappa shape index (κ1) is 15.3. The quantitative estimate of drug-likeness (QED) is 0.870. The van der Waals surface area contributed by atoms with Crippen molar-refractivity contribution >= 4 is 37.2 Å². The zero-order valence-electron chi connectivity index (χ0n) is 9.96. The van der Waals surface area contributed by atoms with E-state index in [2.05, 4.69) is 5.32 Å². The molecule has 0 aromatic heterocycles. The van der Waals surface area contributed by atoms with Gasteiger partial charge in [-0.15, -0.1) is 0 Å². The number of nitrogens with one attached hydrogen (secondary N) is 1. The Balaban J connectivity index is 3.30. The fraction of sp³-hybridized carbons (Fsp3) is 0.364. The van der Waals surface area contributed by atoms with Crippen LogP contribution in [0.25, 0.3) is 0 Å². The average Bonchev–Trinajstić information content (AvgIpc) is 2.27. The third kappa shape index (κ3) is 3.60. The molecule has 0 fully saturated rings. The van der Waals surface area contributed by atoms with Gasteiger partial charge in [-0.3, -0.25) is 4.79 Å². The van der Waals surface area contributed by atoms with Crippen molar-refractivity contribution in [2.24, 2.45) is 0 Å². The number of carbonyl (C=O) groups excluding carboxylic acids is 1. The molecule has 4 nitrogen and oxygen atoms in total. The largest absolute Gasteiger partial charge is 0.352 e. The van der Waals surface area contributed by atoms with Crippen molar-refractivity contribution in [3.8, 4) is 0 Å². The highest BCUT2D eigenvalue weighted by Crippen LogP contribution is 2.26. The Morgan fingerprint density at radius 3 is 2.50 bits per heavy atom. The smallest absolute Gasteiger partial charge is 0.261 e. The van der Waals surface area contributed by atoms with Crippen LogP contribution in [0.5, 0.6) is 0 Å². The Morgan fingerprint density at radius 2 is 2.00 bits per heavy atom. The zero-order valence-corrected chi connectivity index (χ0v) is 12.3. The van der Waals surface area contributed by atoms with Gasteiger partial charge in [-0.1, -0.05) is 18.5 Å². The normalized spacial score (nSPS) is 11.3. The van der Waals surface area contributed by atoms with Gasteiger partial charge in [0.15, 0.2) is 0 Å². The highest BCUT2D eigenvalue weighted by Gasteiger charge is 2.20. The molecule has 100 valence electrons. The topological polar surface area (TPSA) is 63.2 Å². The summed E-state index contributed by atoms with van der Waals surface area (Å²) in [5.74, 6) is -0.363. The average molecular weight is 310 g/mol. The molecule has 0 saturated carbocycles. The molecule has 0 bridgehead atoms. The van der Waals surface area contributed by atoms with E-state index in [9.17, 15) is 13.2 Å². The Kier molecular flexibility index (Phi) is 5.01. The summed E-state index contributed by atoms with van der Waals surface area (Å²) < 4.78 is 22.7. The summed E-state index contributed by atoms with van der Waals surface area (Å²) in [5, 5.41) is 2.81. The summed E-state index contributed by atoms with van der Waals surface area (Å²) in [6.45, 7) is 3.94. The van der Waals surface area contributed by atoms with Gasteiger partial charge >= 0.3 is 0 Å². The van der Waals surface area contributed by atoms with Gasteiger partial charge in [0.2, 0.25) is 0 Å². The molecule has 0 saturated heterocycles. The molecule has 0 unspecified atom stereocenters. The van der Waals surface area contributed by atoms with Crippen molar-refractivity contribution in [2.75, 3.05) is 6.54 Å². The second-order valence-electron chi connectivity index (χ2n) is 3.77. The second-order valence-corrected chi connectivity index (χ2v) is 6.74. The minimum Gasteiger partial charge on any atom is -0.352 e. The lowest BCUT2D eigenvalue weighted by molar-refractivity contribution is 0.0953. The monoisotopic (exact) mass is 309 g/mol. The SMILES string of the molecule is CCCNC(=O)c1cc(Cl)cc(S(=O)(=O)Cl)c1C. The lowest BCUT2D eigenvalue weighted by Crippen LogP contribution is -2.25. The van der Waals surface area contributed by atoms with Gasteiger partial charge in [-0.2, -0.15) is 0 Å². The number of rotatable bonds is 4. The van der Waals surface area contributed by atoms with Crippen LogP contribution >= 0.6 is 22.3 Å². The summed E-state index contributed by atoms with van der Waals surface area (Å²) in [4.78, 5) is 11.7. The van der Waals surface area contributed by atoms with Crippen LogP contribution in [-0.2, 0) is 9.05 Å². The van der Waals surface area contributed by atoms with Crippen LogP contribution in [0.2, 0.25) is 5.02 Å². The molecule has 0 atom stereocenters. The van der Waals surface area contributed by atoms with Gasteiger partial charge in [0.05, 0.1) is 4.90 Å². The van der Waals surface area contributed by atoms with Gasteiger partial charge in [0.1, 0.15) is 0 Å². The molecule has 1 aromatic carbocycles. The molecule has 0 aliphatic heterocycles. The van der Waals surface area contributed by atoms with Gasteiger partial charge in [0.25, 0.3) is 15.0 Å². The van der Waals surface area contributed by atoms with Crippen LogP contribution in [0.3, 0.4) is 0 Å². The number of benzene rings is 1. The Morgan fingerprint density at radius 1 is 1.39 bits per heavy atom. The highest BCUT2D eigenvalue weighted by atomic mass is 35.7. The van der Waals surface area contributed by atoms with E-state index < -0.39 is 9.05 Å². The number of hydrogen-bond donors (Lipinski definition) is 1. The van der Waals surface area contributed by atoms with Crippen LogP contribution in [0.4, 0.5) is 0 Å². The minimum atomic E-state index is -3.92. The maximum Gasteiger partial charge on any atom is 0.261 e. The number of halogens is 2. The molecule has 1 N–H and O–H groups in total. The first-order valence-corrected chi connectivity index (χ1v) is 7.99. The van der Waals surface area contributed by atoms with Crippen molar-refractivity contribution in [1.29, 1.82) is 0 Å². The molecule has 0 aliphatic carbocycles. The molecule has 0 spiro atoms. The van der Waals surface area contributed by atoms with E-state index in [0.717, 1.165) is 6.42 Å². The summed E-state index contributed by atoms with van der Waals surface area (Å²) in [7, 11) is 1.37. The van der Waals surface area contributed by atoms with Crippen LogP contribution in [-0.4, -0.2) is 20.9 Å². The molecule has 0 heterocycles. The Bertz CT molecular complexity index is 570. The predicted octanol–water partition coefficient (Wildman–Crippen LogP) is 2.72. The standard InChI is InChI=1S/C11H13Cl2NO3S/c1-3-4-14-11(15)9-5-8(12)6-10(7(9)2)18(13,16)17/h5-6H,3-4H2,1-2H3,(H,14,15). The Labute approximate surface area is 116 Å². The number of hydrogen-bond acceptors (Lipinski definition) is 3. The van der Waals surface area contributed by atoms with Crippen molar-refractivity contribution in [3.05, 3.63) is 28.3 Å². The number of amides is 1. The second kappa shape index (κ2) is 5.91. The first-order valence-electron chi connectivity index (χ1n) is 5.30. The van der Waals surface area contributed by atoms with Crippen molar-refractivity contribution in [2.45, 2.75) is 25.2 Å². The summed E-state index contributed by atoms with van der Waals surface area (Å²) in [5.41, 5.74) is 0.512. The van der Waals surface area contributed by atoms with Crippen molar-refractivity contribution in [1.82, 2.24) is 5.32 Å². The molecule has 1 rings (SSSR count). The van der Waals surface area contributed by atoms with Gasteiger partial charge in [-0.25, -0.2) is 8.42 Å². The summed E-state index contributed by atoms with van der Waals surface area (Å²) in [6.07, 6.45) is 0.784. The fourth-order valence-corrected chi connectivity index (χ4v) is 2.98. The first-order chi connectivity index (χ1) is 8.27. The molecular weight excluding hydrogens is 297 g/mol. The maximum atomic E-state index is 11.8. The lowest BCUT2D eigenvalue weighted by atomic mass is 10.1. The van der Waals surface area contributed by atoms with Gasteiger partial charge in [-0.05, 0) is 31.0 Å². The van der Waals surface area contributed by atoms with Gasteiger partial charge in [0, 0.05) is 27.8 Å². The molecule has 18 heavy (non-hydrogen) atoms. The van der Waals surface area contributed by atoms with Crippen LogP contribution in [0.1, 0.15) is 29.3 Å². The van der Waals surface area contributed by atoms with E-state index >= 15 is 0 Å². The van der Waals surface area contributed by atoms with Crippen molar-refractivity contribution < 1.29 is 13.2 Å². The molecule has 0 radical (unpaired) electrons. The molecule has 7 heteroatoms. The van der Waals surface area contributed by atoms with E-state index in [1.807, 2.05) is 6.92 Å². The van der Waals surface area contributed by atoms with Crippen LogP contribution in [0.15, 0.2) is 17.0 Å². The van der Waals surface area contributed by atoms with E-state index in [-0.39, 0.29) is 21.4 Å². The van der Waals surface area contributed by atoms with E-state index in [4.69, 9.17) is 22.3 Å². The molecule has 0 aliphatic rings. The van der Waals surface area contributed by atoms with Crippen LogP contribution < -0.4 is 5.32 Å². The molecule has 1 aromatic rings. The van der Waals surface area contributed by atoms with Gasteiger partial charge < -0.3 is 5.32 Å². The highest BCUT2D eigenvalue weighted by molar-refractivity contribution is 8.13. The van der Waals surface area contributed by atoms with E-state index in [1.165, 1.54) is 19.1 Å². The maximum absolute atomic E-state index is 11.8. The van der Waals surface area contributed by atoms with Crippen LogP contribution in [0, 0.1) is 6.92 Å². The Hall–Kier alpha value is -0.780.